The summed E-state index contributed by atoms with van der Waals surface area (Å²) in [6.07, 6.45) is 0. The molecule has 124 valence electrons. The number of benzene rings is 1. The number of ketones is 1. The zero-order valence-electron chi connectivity index (χ0n) is 14.5. The quantitative estimate of drug-likeness (QED) is 0.621. The van der Waals surface area contributed by atoms with Crippen LogP contribution in [0, 0.1) is 0 Å². The Morgan fingerprint density at radius 2 is 1.70 bits per heavy atom. The molecule has 0 saturated heterocycles. The minimum Gasteiger partial charge on any atom is -0.459 e. The Balaban J connectivity index is 2.31. The summed E-state index contributed by atoms with van der Waals surface area (Å²) in [6, 6.07) is 5.35. The van der Waals surface area contributed by atoms with Crippen LogP contribution in [0.5, 0.6) is 0 Å². The molecule has 0 saturated carbocycles. The molecule has 0 aliphatic carbocycles. The molecule has 0 spiro atoms. The van der Waals surface area contributed by atoms with Crippen molar-refractivity contribution >= 4 is 23.3 Å². The van der Waals surface area contributed by atoms with Crippen LogP contribution in [0.15, 0.2) is 18.2 Å². The van der Waals surface area contributed by atoms with Gasteiger partial charge < -0.3 is 4.74 Å². The van der Waals surface area contributed by atoms with E-state index in [2.05, 4.69) is 0 Å². The van der Waals surface area contributed by atoms with Gasteiger partial charge in [0, 0.05) is 0 Å². The summed E-state index contributed by atoms with van der Waals surface area (Å²) in [4.78, 5) is 37.6. The zero-order valence-corrected chi connectivity index (χ0v) is 14.5. The third-order valence-corrected chi connectivity index (χ3v) is 3.54. The number of esters is 1. The maximum absolute atomic E-state index is 12.2. The molecule has 0 bridgehead atoms. The van der Waals surface area contributed by atoms with Gasteiger partial charge in [0.1, 0.15) is 12.1 Å². The minimum absolute atomic E-state index is 0.128. The lowest BCUT2D eigenvalue weighted by Crippen LogP contribution is -2.38. The Morgan fingerprint density at radius 1 is 1.09 bits per heavy atom. The normalized spacial score (nSPS) is 15.0. The second kappa shape index (κ2) is 5.48. The SMILES string of the molecule is CC(C)(C)OC(=O)CN1C(=O)C(=O)c2cc(C(C)(C)C)ccc21. The van der Waals surface area contributed by atoms with E-state index in [-0.39, 0.29) is 12.0 Å². The number of nitrogens with zero attached hydrogens (tertiary/aromatic N) is 1. The molecule has 5 heteroatoms. The molecule has 1 aliphatic rings. The van der Waals surface area contributed by atoms with Crippen LogP contribution in [0.2, 0.25) is 0 Å². The number of amides is 1. The van der Waals surface area contributed by atoms with Crippen LogP contribution in [-0.2, 0) is 19.7 Å². The number of carbonyl (C=O) groups excluding carboxylic acids is 3. The van der Waals surface area contributed by atoms with E-state index in [9.17, 15) is 14.4 Å². The Kier molecular flexibility index (Phi) is 4.09. The first-order valence-corrected chi connectivity index (χ1v) is 7.63. The van der Waals surface area contributed by atoms with Gasteiger partial charge in [-0.3, -0.25) is 19.3 Å². The maximum atomic E-state index is 12.2. The van der Waals surface area contributed by atoms with Crippen molar-refractivity contribution in [2.45, 2.75) is 52.6 Å². The van der Waals surface area contributed by atoms with Gasteiger partial charge >= 0.3 is 5.97 Å². The second-order valence-electron chi connectivity index (χ2n) is 7.79. The molecule has 0 atom stereocenters. The van der Waals surface area contributed by atoms with Gasteiger partial charge in [-0.25, -0.2) is 0 Å². The first-order valence-electron chi connectivity index (χ1n) is 7.63. The summed E-state index contributed by atoms with van der Waals surface area (Å²) in [5.41, 5.74) is 1.03. The van der Waals surface area contributed by atoms with Gasteiger partial charge in [-0.15, -0.1) is 0 Å². The van der Waals surface area contributed by atoms with E-state index in [0.29, 0.717) is 11.3 Å². The fraction of sp³-hybridized carbons (Fsp3) is 0.500. The van der Waals surface area contributed by atoms with Crippen molar-refractivity contribution in [1.82, 2.24) is 0 Å². The summed E-state index contributed by atoms with van der Waals surface area (Å²) in [6.45, 7) is 11.1. The third kappa shape index (κ3) is 3.60. The second-order valence-corrected chi connectivity index (χ2v) is 7.79. The van der Waals surface area contributed by atoms with Crippen molar-refractivity contribution in [2.24, 2.45) is 0 Å². The highest BCUT2D eigenvalue weighted by Crippen LogP contribution is 2.33. The van der Waals surface area contributed by atoms with E-state index >= 15 is 0 Å². The van der Waals surface area contributed by atoms with Crippen LogP contribution >= 0.6 is 0 Å². The van der Waals surface area contributed by atoms with Gasteiger partial charge in [-0.1, -0.05) is 26.8 Å². The van der Waals surface area contributed by atoms with Crippen LogP contribution in [-0.4, -0.2) is 29.8 Å². The van der Waals surface area contributed by atoms with Crippen LogP contribution < -0.4 is 4.90 Å². The fourth-order valence-electron chi connectivity index (χ4n) is 2.43. The zero-order chi connectivity index (χ0) is 17.6. The predicted octanol–water partition coefficient (Wildman–Crippen LogP) is 2.86. The molecule has 2 rings (SSSR count). The highest BCUT2D eigenvalue weighted by molar-refractivity contribution is 6.52. The van der Waals surface area contributed by atoms with Crippen molar-refractivity contribution < 1.29 is 19.1 Å². The van der Waals surface area contributed by atoms with Crippen molar-refractivity contribution in [2.75, 3.05) is 11.4 Å². The number of hydrogen-bond donors (Lipinski definition) is 0. The number of fused-ring (bicyclic) bond motifs is 1. The van der Waals surface area contributed by atoms with Crippen molar-refractivity contribution in [1.29, 1.82) is 0 Å². The summed E-state index contributed by atoms with van der Waals surface area (Å²) in [7, 11) is 0. The lowest BCUT2D eigenvalue weighted by atomic mass is 9.86. The van der Waals surface area contributed by atoms with E-state index in [1.54, 1.807) is 32.9 Å². The average Bonchev–Trinajstić information content (AvgIpc) is 2.60. The van der Waals surface area contributed by atoms with E-state index in [4.69, 9.17) is 4.74 Å². The van der Waals surface area contributed by atoms with Crippen molar-refractivity contribution in [3.63, 3.8) is 0 Å². The molecule has 5 nitrogen and oxygen atoms in total. The maximum Gasteiger partial charge on any atom is 0.326 e. The smallest absolute Gasteiger partial charge is 0.326 e. The van der Waals surface area contributed by atoms with Crippen molar-refractivity contribution in [3.05, 3.63) is 29.3 Å². The molecular formula is C18H23NO4. The van der Waals surface area contributed by atoms with Crippen LogP contribution in [0.25, 0.3) is 0 Å². The summed E-state index contributed by atoms with van der Waals surface area (Å²) >= 11 is 0. The molecule has 1 heterocycles. The Labute approximate surface area is 136 Å². The van der Waals surface area contributed by atoms with E-state index in [1.807, 2.05) is 26.8 Å². The number of ether oxygens (including phenoxy) is 1. The van der Waals surface area contributed by atoms with Gasteiger partial charge in [-0.2, -0.15) is 0 Å². The van der Waals surface area contributed by atoms with E-state index in [0.717, 1.165) is 5.56 Å². The number of Topliss-reactive ketones (excluding diaryl/α,β-unsaturated/α-hetero) is 1. The first-order chi connectivity index (χ1) is 10.4. The number of carbonyl (C=O) groups is 3. The number of rotatable bonds is 2. The molecule has 0 N–H and O–H groups in total. The summed E-state index contributed by atoms with van der Waals surface area (Å²) < 4.78 is 5.23. The molecule has 1 aromatic carbocycles. The fourth-order valence-corrected chi connectivity index (χ4v) is 2.43. The molecule has 1 aliphatic heterocycles. The lowest BCUT2D eigenvalue weighted by molar-refractivity contribution is -0.153. The average molecular weight is 317 g/mol. The summed E-state index contributed by atoms with van der Waals surface area (Å²) in [5, 5.41) is 0. The van der Waals surface area contributed by atoms with Gasteiger partial charge in [0.2, 0.25) is 0 Å². The highest BCUT2D eigenvalue weighted by Gasteiger charge is 2.38. The molecule has 0 fully saturated rings. The molecule has 0 aromatic heterocycles. The largest absolute Gasteiger partial charge is 0.459 e. The molecule has 1 amide bonds. The van der Waals surface area contributed by atoms with Crippen LogP contribution in [0.3, 0.4) is 0 Å². The monoisotopic (exact) mass is 317 g/mol. The highest BCUT2D eigenvalue weighted by atomic mass is 16.6. The Bertz CT molecular complexity index is 677. The predicted molar refractivity (Wildman–Crippen MR) is 87.7 cm³/mol. The number of hydrogen-bond acceptors (Lipinski definition) is 4. The van der Waals surface area contributed by atoms with Gasteiger partial charge in [0.25, 0.3) is 11.7 Å². The van der Waals surface area contributed by atoms with E-state index in [1.165, 1.54) is 4.90 Å². The van der Waals surface area contributed by atoms with E-state index < -0.39 is 23.3 Å². The number of anilines is 1. The molecule has 0 unspecified atom stereocenters. The molecule has 23 heavy (non-hydrogen) atoms. The van der Waals surface area contributed by atoms with Gasteiger partial charge in [-0.05, 0) is 43.9 Å². The van der Waals surface area contributed by atoms with Gasteiger partial charge in [0.05, 0.1) is 11.3 Å². The first kappa shape index (κ1) is 17.2. The third-order valence-electron chi connectivity index (χ3n) is 3.54. The molecule has 1 aromatic rings. The topological polar surface area (TPSA) is 63.7 Å². The Morgan fingerprint density at radius 3 is 2.22 bits per heavy atom. The molecular weight excluding hydrogens is 294 g/mol. The minimum atomic E-state index is -0.683. The van der Waals surface area contributed by atoms with Gasteiger partial charge in [0.15, 0.2) is 0 Å². The van der Waals surface area contributed by atoms with Crippen molar-refractivity contribution in [3.8, 4) is 0 Å². The van der Waals surface area contributed by atoms with Crippen LogP contribution in [0.4, 0.5) is 5.69 Å². The Hall–Kier alpha value is -2.17. The standard InChI is InChI=1S/C18H23NO4/c1-17(2,3)11-7-8-13-12(9-11)15(21)16(22)19(13)10-14(20)23-18(4,5)6/h7-9H,10H2,1-6H3. The van der Waals surface area contributed by atoms with Crippen LogP contribution in [0.1, 0.15) is 57.5 Å². The summed E-state index contributed by atoms with van der Waals surface area (Å²) in [5.74, 6) is -1.79. The molecule has 0 radical (unpaired) electrons. The lowest BCUT2D eigenvalue weighted by Gasteiger charge is -2.23.